The summed E-state index contributed by atoms with van der Waals surface area (Å²) in [6, 6.07) is 0.662. The molecule has 1 rings (SSSR count). The summed E-state index contributed by atoms with van der Waals surface area (Å²) >= 11 is 0. The van der Waals surface area contributed by atoms with E-state index in [0.717, 1.165) is 6.42 Å². The van der Waals surface area contributed by atoms with Crippen LogP contribution in [-0.4, -0.2) is 12.1 Å². The highest BCUT2D eigenvalue weighted by molar-refractivity contribution is 5.02. The molecule has 0 spiro atoms. The van der Waals surface area contributed by atoms with Crippen LogP contribution in [0.3, 0.4) is 0 Å². The Balaban J connectivity index is 2.52. The van der Waals surface area contributed by atoms with Gasteiger partial charge in [0.1, 0.15) is 0 Å². The van der Waals surface area contributed by atoms with Gasteiger partial charge in [-0.3, -0.25) is 0 Å². The first kappa shape index (κ1) is 6.05. The van der Waals surface area contributed by atoms with Crippen LogP contribution in [0.5, 0.6) is 0 Å². The second-order valence-electron chi connectivity index (χ2n) is 3.27. The molecule has 1 fully saturated rings. The highest BCUT2D eigenvalue weighted by Gasteiger charge is 2.43. The Hall–Kier alpha value is -0.0800. The Morgan fingerprint density at radius 3 is 1.62 bits per heavy atom. The minimum atomic E-state index is 0.194. The zero-order valence-corrected chi connectivity index (χ0v) is 5.52. The van der Waals surface area contributed by atoms with Crippen molar-refractivity contribution < 1.29 is 0 Å². The maximum absolute atomic E-state index is 5.67. The van der Waals surface area contributed by atoms with Crippen molar-refractivity contribution in [2.45, 2.75) is 32.4 Å². The van der Waals surface area contributed by atoms with E-state index in [-0.39, 0.29) is 5.41 Å². The molecule has 2 atom stereocenters. The second-order valence-corrected chi connectivity index (χ2v) is 3.27. The molecule has 0 heterocycles. The number of rotatable bonds is 0. The van der Waals surface area contributed by atoms with Crippen molar-refractivity contribution in [3.8, 4) is 0 Å². The zero-order valence-electron chi connectivity index (χ0n) is 5.52. The molecular formula is C6H14N2. The predicted molar refractivity (Wildman–Crippen MR) is 34.3 cm³/mol. The predicted octanol–water partition coefficient (Wildman–Crippen LogP) is 0.0709. The number of nitrogens with two attached hydrogens (primary N) is 2. The lowest BCUT2D eigenvalue weighted by Gasteiger charge is -2.48. The molecule has 0 bridgehead atoms. The second kappa shape index (κ2) is 1.45. The molecule has 1 aliphatic rings. The van der Waals surface area contributed by atoms with Crippen LogP contribution >= 0.6 is 0 Å². The van der Waals surface area contributed by atoms with E-state index in [0.29, 0.717) is 12.1 Å². The monoisotopic (exact) mass is 114 g/mol. The lowest BCUT2D eigenvalue weighted by Crippen LogP contribution is -2.61. The largest absolute Gasteiger partial charge is 0.327 e. The van der Waals surface area contributed by atoms with Gasteiger partial charge in [0.2, 0.25) is 0 Å². The molecule has 4 N–H and O–H groups in total. The van der Waals surface area contributed by atoms with E-state index in [1.807, 2.05) is 0 Å². The third-order valence-electron chi connectivity index (χ3n) is 2.42. The molecule has 1 aliphatic carbocycles. The molecule has 0 aliphatic heterocycles. The van der Waals surface area contributed by atoms with E-state index < -0.39 is 0 Å². The summed E-state index contributed by atoms with van der Waals surface area (Å²) < 4.78 is 0. The first-order valence-corrected chi connectivity index (χ1v) is 3.06. The van der Waals surface area contributed by atoms with Crippen molar-refractivity contribution in [2.75, 3.05) is 0 Å². The van der Waals surface area contributed by atoms with Crippen molar-refractivity contribution in [1.29, 1.82) is 0 Å². The molecule has 0 aromatic rings. The van der Waals surface area contributed by atoms with E-state index in [4.69, 9.17) is 11.5 Å². The average molecular weight is 114 g/mol. The smallest absolute Gasteiger partial charge is 0.0120 e. The summed E-state index contributed by atoms with van der Waals surface area (Å²) in [5.41, 5.74) is 11.5. The standard InChI is InChI=1S/C6H14N2/c1-6(2)4(7)3-5(6)8/h4-5H,3,7-8H2,1-2H3/t4-,5+. The van der Waals surface area contributed by atoms with Gasteiger partial charge in [-0.15, -0.1) is 0 Å². The van der Waals surface area contributed by atoms with Crippen molar-refractivity contribution in [1.82, 2.24) is 0 Å². The summed E-state index contributed by atoms with van der Waals surface area (Å²) in [6.07, 6.45) is 0.993. The van der Waals surface area contributed by atoms with Gasteiger partial charge in [0.15, 0.2) is 0 Å². The Bertz CT molecular complexity index is 88.7. The van der Waals surface area contributed by atoms with Crippen LogP contribution in [-0.2, 0) is 0 Å². The number of hydrogen-bond acceptors (Lipinski definition) is 2. The first-order valence-electron chi connectivity index (χ1n) is 3.06. The van der Waals surface area contributed by atoms with E-state index >= 15 is 0 Å². The van der Waals surface area contributed by atoms with Crippen molar-refractivity contribution in [3.63, 3.8) is 0 Å². The molecule has 2 nitrogen and oxygen atoms in total. The lowest BCUT2D eigenvalue weighted by molar-refractivity contribution is 0.103. The fraction of sp³-hybridized carbons (Fsp3) is 1.00. The molecule has 8 heavy (non-hydrogen) atoms. The van der Waals surface area contributed by atoms with Crippen LogP contribution in [0.4, 0.5) is 0 Å². The summed E-state index contributed by atoms with van der Waals surface area (Å²) in [5, 5.41) is 0. The summed E-state index contributed by atoms with van der Waals surface area (Å²) in [7, 11) is 0. The first-order chi connectivity index (χ1) is 3.55. The minimum absolute atomic E-state index is 0.194. The van der Waals surface area contributed by atoms with E-state index in [2.05, 4.69) is 13.8 Å². The Morgan fingerprint density at radius 2 is 1.62 bits per heavy atom. The van der Waals surface area contributed by atoms with E-state index in [1.54, 1.807) is 0 Å². The van der Waals surface area contributed by atoms with Gasteiger partial charge >= 0.3 is 0 Å². The molecule has 0 aromatic carbocycles. The summed E-state index contributed by atoms with van der Waals surface area (Å²) in [4.78, 5) is 0. The quantitative estimate of drug-likeness (QED) is 0.468. The maximum atomic E-state index is 5.67. The van der Waals surface area contributed by atoms with Crippen LogP contribution in [0.25, 0.3) is 0 Å². The van der Waals surface area contributed by atoms with Gasteiger partial charge in [0.25, 0.3) is 0 Å². The lowest BCUT2D eigenvalue weighted by atomic mass is 9.64. The van der Waals surface area contributed by atoms with Crippen LogP contribution in [0.15, 0.2) is 0 Å². The average Bonchev–Trinajstić information content (AvgIpc) is 1.68. The molecular weight excluding hydrogens is 100 g/mol. The minimum Gasteiger partial charge on any atom is -0.327 e. The molecule has 0 unspecified atom stereocenters. The van der Waals surface area contributed by atoms with Gasteiger partial charge in [0.05, 0.1) is 0 Å². The van der Waals surface area contributed by atoms with E-state index in [9.17, 15) is 0 Å². The zero-order chi connectivity index (χ0) is 6.36. The molecule has 0 aromatic heterocycles. The highest BCUT2D eigenvalue weighted by atomic mass is 14.9. The molecule has 0 amide bonds. The Morgan fingerprint density at radius 1 is 1.25 bits per heavy atom. The third-order valence-corrected chi connectivity index (χ3v) is 2.42. The van der Waals surface area contributed by atoms with Crippen molar-refractivity contribution in [3.05, 3.63) is 0 Å². The fourth-order valence-electron chi connectivity index (χ4n) is 0.996. The SMILES string of the molecule is CC1(C)[C@H](N)C[C@@H]1N. The van der Waals surface area contributed by atoms with Gasteiger partial charge in [-0.2, -0.15) is 0 Å². The van der Waals surface area contributed by atoms with Crippen molar-refractivity contribution in [2.24, 2.45) is 16.9 Å². The van der Waals surface area contributed by atoms with Gasteiger partial charge in [-0.05, 0) is 11.8 Å². The normalized spacial score (nSPS) is 43.5. The molecule has 0 saturated heterocycles. The summed E-state index contributed by atoms with van der Waals surface area (Å²) in [6.45, 7) is 4.23. The Labute approximate surface area is 50.2 Å². The van der Waals surface area contributed by atoms with Gasteiger partial charge in [-0.25, -0.2) is 0 Å². The maximum Gasteiger partial charge on any atom is 0.0120 e. The summed E-state index contributed by atoms with van der Waals surface area (Å²) in [5.74, 6) is 0. The molecule has 0 radical (unpaired) electrons. The van der Waals surface area contributed by atoms with Gasteiger partial charge in [-0.1, -0.05) is 13.8 Å². The third kappa shape index (κ3) is 0.565. The Kier molecular flexibility index (Phi) is 1.10. The topological polar surface area (TPSA) is 52.0 Å². The highest BCUT2D eigenvalue weighted by Crippen LogP contribution is 2.37. The van der Waals surface area contributed by atoms with Crippen LogP contribution in [0.2, 0.25) is 0 Å². The molecule has 48 valence electrons. The number of hydrogen-bond donors (Lipinski definition) is 2. The van der Waals surface area contributed by atoms with Crippen LogP contribution < -0.4 is 11.5 Å². The van der Waals surface area contributed by atoms with Gasteiger partial charge < -0.3 is 11.5 Å². The van der Waals surface area contributed by atoms with Crippen LogP contribution in [0.1, 0.15) is 20.3 Å². The van der Waals surface area contributed by atoms with Crippen LogP contribution in [0, 0.1) is 5.41 Å². The fourth-order valence-corrected chi connectivity index (χ4v) is 0.996. The van der Waals surface area contributed by atoms with Crippen molar-refractivity contribution >= 4 is 0 Å². The van der Waals surface area contributed by atoms with E-state index in [1.165, 1.54) is 0 Å². The van der Waals surface area contributed by atoms with Gasteiger partial charge in [0, 0.05) is 12.1 Å². The molecule has 1 saturated carbocycles. The molecule has 2 heteroatoms.